The smallest absolute Gasteiger partial charge is 0.134 e. The standard InChI is InChI=1S/C62H72O4/c1-7-13-17-25-37-63-53-33-34-54(64-38-26-18-14-8-2)60-58-46-30-22-21-29-45(46)57(59(53)60)55-43(11-5)47-41-51-52(42-48(47)44(12-6)56(55)58)62(66-40-28-20-16-10-4)36-35-61(51,65-39-27-19-15-9-3)49-31-23-24-32-50(49)62/h5-6,21-24,29-36,57-58H,7-10,13-20,25-28,37-42H2,1-4H3/t57-,58+,61+,62-. The van der Waals surface area contributed by atoms with E-state index >= 15 is 0 Å². The fourth-order valence-electron chi connectivity index (χ4n) is 12.3. The number of rotatable bonds is 24. The van der Waals surface area contributed by atoms with Gasteiger partial charge in [0.25, 0.3) is 0 Å². The molecule has 0 heterocycles. The zero-order valence-electron chi connectivity index (χ0n) is 40.4. The molecule has 4 aromatic rings. The Morgan fingerprint density at radius 2 is 0.848 bits per heavy atom. The minimum absolute atomic E-state index is 0.158. The highest BCUT2D eigenvalue weighted by Crippen LogP contribution is 2.65. The minimum Gasteiger partial charge on any atom is -0.493 e. The van der Waals surface area contributed by atoms with Gasteiger partial charge in [0.15, 0.2) is 0 Å². The predicted molar refractivity (Wildman–Crippen MR) is 270 cm³/mol. The molecule has 0 saturated heterocycles. The molecule has 4 aromatic carbocycles. The summed E-state index contributed by atoms with van der Waals surface area (Å²) in [6, 6.07) is 22.2. The predicted octanol–water partition coefficient (Wildman–Crippen LogP) is 14.8. The second-order valence-corrected chi connectivity index (χ2v) is 19.5. The van der Waals surface area contributed by atoms with Crippen molar-refractivity contribution >= 4 is 0 Å². The molecule has 66 heavy (non-hydrogen) atoms. The van der Waals surface area contributed by atoms with Crippen LogP contribution in [0.15, 0.2) is 84.0 Å². The molecule has 0 radical (unpaired) electrons. The molecular weight excluding hydrogens is 809 g/mol. The first-order valence-corrected chi connectivity index (χ1v) is 26.0. The second kappa shape index (κ2) is 20.5. The highest BCUT2D eigenvalue weighted by Gasteiger charge is 2.57. The van der Waals surface area contributed by atoms with E-state index in [1.165, 1.54) is 118 Å². The molecule has 0 aromatic heterocycles. The maximum atomic E-state index is 7.32. The Bertz CT molecular complexity index is 2390. The number of unbranched alkanes of at least 4 members (excludes halogenated alkanes) is 12. The fourth-order valence-corrected chi connectivity index (χ4v) is 12.3. The summed E-state index contributed by atoms with van der Waals surface area (Å²) in [6.45, 7) is 11.7. The van der Waals surface area contributed by atoms with Gasteiger partial charge in [-0.05, 0) is 118 Å². The quantitative estimate of drug-likeness (QED) is 0.0345. The van der Waals surface area contributed by atoms with Gasteiger partial charge in [0, 0.05) is 47.3 Å². The van der Waals surface area contributed by atoms with E-state index in [2.05, 4.69) is 112 Å². The summed E-state index contributed by atoms with van der Waals surface area (Å²) < 4.78 is 28.4. The monoisotopic (exact) mass is 881 g/mol. The number of ether oxygens (including phenoxy) is 4. The molecule has 7 aliphatic rings. The summed E-state index contributed by atoms with van der Waals surface area (Å²) in [4.78, 5) is 0. The lowest BCUT2D eigenvalue weighted by Gasteiger charge is -2.54. The third-order valence-electron chi connectivity index (χ3n) is 15.5. The van der Waals surface area contributed by atoms with Crippen LogP contribution in [-0.2, 0) is 33.5 Å². The second-order valence-electron chi connectivity index (χ2n) is 19.5. The summed E-state index contributed by atoms with van der Waals surface area (Å²) >= 11 is 0. The first-order valence-electron chi connectivity index (χ1n) is 26.0. The normalized spacial score (nSPS) is 21.0. The topological polar surface area (TPSA) is 36.9 Å². The van der Waals surface area contributed by atoms with Crippen molar-refractivity contribution in [3.63, 3.8) is 0 Å². The Morgan fingerprint density at radius 1 is 0.470 bits per heavy atom. The lowest BCUT2D eigenvalue weighted by Crippen LogP contribution is -2.51. The van der Waals surface area contributed by atoms with Gasteiger partial charge in [-0.15, -0.1) is 12.8 Å². The van der Waals surface area contributed by atoms with Gasteiger partial charge < -0.3 is 18.9 Å². The van der Waals surface area contributed by atoms with Crippen LogP contribution in [0, 0.1) is 24.7 Å². The minimum atomic E-state index is -0.721. The molecule has 344 valence electrons. The van der Waals surface area contributed by atoms with Crippen molar-refractivity contribution in [3.05, 3.63) is 151 Å². The van der Waals surface area contributed by atoms with Crippen molar-refractivity contribution < 1.29 is 18.9 Å². The molecule has 0 saturated carbocycles. The van der Waals surface area contributed by atoms with E-state index in [9.17, 15) is 0 Å². The van der Waals surface area contributed by atoms with Crippen molar-refractivity contribution in [3.8, 4) is 36.2 Å². The van der Waals surface area contributed by atoms with Crippen LogP contribution in [0.5, 0.6) is 11.5 Å². The van der Waals surface area contributed by atoms with Gasteiger partial charge >= 0.3 is 0 Å². The molecule has 0 N–H and O–H groups in total. The summed E-state index contributed by atoms with van der Waals surface area (Å²) in [5, 5.41) is 0. The molecule has 4 atom stereocenters. The van der Waals surface area contributed by atoms with E-state index < -0.39 is 11.2 Å². The van der Waals surface area contributed by atoms with Crippen molar-refractivity contribution in [2.45, 2.75) is 166 Å². The van der Waals surface area contributed by atoms with E-state index in [4.69, 9.17) is 31.8 Å². The Kier molecular flexibility index (Phi) is 14.3. The molecule has 4 bridgehead atoms. The molecule has 4 nitrogen and oxygen atoms in total. The number of hydrogen-bond donors (Lipinski definition) is 0. The lowest BCUT2D eigenvalue weighted by atomic mass is 9.55. The zero-order valence-corrected chi connectivity index (χ0v) is 40.4. The number of hydrogen-bond acceptors (Lipinski definition) is 4. The molecule has 0 spiro atoms. The Balaban J connectivity index is 1.22. The zero-order chi connectivity index (χ0) is 45.7. The third-order valence-corrected chi connectivity index (χ3v) is 15.5. The van der Waals surface area contributed by atoms with Crippen LogP contribution in [0.3, 0.4) is 0 Å². The van der Waals surface area contributed by atoms with E-state index in [1.54, 1.807) is 0 Å². The fraction of sp³-hybridized carbons (Fsp3) is 0.484. The number of terminal acetylenes is 2. The summed E-state index contributed by atoms with van der Waals surface area (Å²) in [7, 11) is 0. The van der Waals surface area contributed by atoms with Gasteiger partial charge in [0.2, 0.25) is 0 Å². The average molecular weight is 881 g/mol. The lowest BCUT2D eigenvalue weighted by molar-refractivity contribution is -0.0388. The van der Waals surface area contributed by atoms with Gasteiger partial charge in [-0.2, -0.15) is 0 Å². The van der Waals surface area contributed by atoms with Crippen molar-refractivity contribution in [2.24, 2.45) is 0 Å². The summed E-state index contributed by atoms with van der Waals surface area (Å²) in [5.41, 5.74) is 15.1. The van der Waals surface area contributed by atoms with Gasteiger partial charge in [-0.25, -0.2) is 0 Å². The molecule has 7 aliphatic carbocycles. The van der Waals surface area contributed by atoms with Crippen LogP contribution in [-0.4, -0.2) is 26.4 Å². The van der Waals surface area contributed by atoms with Crippen LogP contribution < -0.4 is 9.47 Å². The first-order chi connectivity index (χ1) is 32.5. The van der Waals surface area contributed by atoms with Crippen molar-refractivity contribution in [1.82, 2.24) is 0 Å². The maximum Gasteiger partial charge on any atom is 0.134 e. The van der Waals surface area contributed by atoms with Crippen LogP contribution >= 0.6 is 0 Å². The van der Waals surface area contributed by atoms with E-state index in [0.29, 0.717) is 39.3 Å². The van der Waals surface area contributed by atoms with Gasteiger partial charge in [0.05, 0.1) is 13.2 Å². The Morgan fingerprint density at radius 3 is 1.23 bits per heavy atom. The molecule has 0 aliphatic heterocycles. The molecule has 4 heteroatoms. The van der Waals surface area contributed by atoms with Gasteiger partial charge in [-0.3, -0.25) is 0 Å². The molecule has 0 unspecified atom stereocenters. The van der Waals surface area contributed by atoms with E-state index in [0.717, 1.165) is 74.0 Å². The van der Waals surface area contributed by atoms with Gasteiger partial charge in [0.1, 0.15) is 22.7 Å². The Hall–Kier alpha value is -5.00. The Labute approximate surface area is 397 Å². The molecule has 0 fully saturated rings. The van der Waals surface area contributed by atoms with Crippen LogP contribution in [0.2, 0.25) is 0 Å². The summed E-state index contributed by atoms with van der Waals surface area (Å²) in [6.07, 6.45) is 38.1. The summed E-state index contributed by atoms with van der Waals surface area (Å²) in [5.74, 6) is 8.32. The number of fused-ring (bicyclic) bond motifs is 1. The highest BCUT2D eigenvalue weighted by molar-refractivity contribution is 5.81. The SMILES string of the molecule is C#Cc1c2c(c(C#C)c3c1[C@@H]1c4ccccc4[C@H]3c3c(OCCCCCC)ccc(OCCCCCC)c31)CC1=C(C2)[C@@]2(OCCCCCC)C=C[C@]1(OCCCCCC)c1ccccc12. The highest BCUT2D eigenvalue weighted by atomic mass is 16.5. The average Bonchev–Trinajstić information content (AvgIpc) is 3.35. The number of benzene rings is 4. The third kappa shape index (κ3) is 7.85. The maximum absolute atomic E-state index is 7.32. The van der Waals surface area contributed by atoms with Crippen LogP contribution in [0.25, 0.3) is 0 Å². The molecular formula is C62H72O4. The van der Waals surface area contributed by atoms with Crippen LogP contribution in [0.1, 0.15) is 209 Å². The first kappa shape index (κ1) is 46.1. The van der Waals surface area contributed by atoms with Gasteiger partial charge in [-0.1, -0.05) is 165 Å². The largest absolute Gasteiger partial charge is 0.493 e. The van der Waals surface area contributed by atoms with E-state index in [-0.39, 0.29) is 11.8 Å². The van der Waals surface area contributed by atoms with Crippen molar-refractivity contribution in [1.29, 1.82) is 0 Å². The molecule has 0 amide bonds. The molecule has 11 rings (SSSR count). The van der Waals surface area contributed by atoms with Crippen molar-refractivity contribution in [2.75, 3.05) is 26.4 Å². The van der Waals surface area contributed by atoms with Crippen LogP contribution in [0.4, 0.5) is 0 Å². The van der Waals surface area contributed by atoms with E-state index in [1.807, 2.05) is 0 Å².